The Morgan fingerprint density at radius 1 is 1.47 bits per heavy atom. The molecule has 0 atom stereocenters. The van der Waals surface area contributed by atoms with Crippen molar-refractivity contribution >= 4 is 11.5 Å². The van der Waals surface area contributed by atoms with E-state index in [4.69, 9.17) is 10.5 Å². The molecular formula is C10H20N4O. The lowest BCUT2D eigenvalue weighted by Crippen LogP contribution is -2.04. The lowest BCUT2D eigenvalue weighted by atomic mass is 10.2. The Bertz CT molecular complexity index is 285. The quantitative estimate of drug-likeness (QED) is 0.667. The maximum Gasteiger partial charge on any atom is 0.171 e. The van der Waals surface area contributed by atoms with E-state index in [1.54, 1.807) is 18.0 Å². The van der Waals surface area contributed by atoms with E-state index in [9.17, 15) is 0 Å². The van der Waals surface area contributed by atoms with Gasteiger partial charge < -0.3 is 15.8 Å². The van der Waals surface area contributed by atoms with Crippen molar-refractivity contribution in [3.8, 4) is 0 Å². The second-order valence-corrected chi connectivity index (χ2v) is 3.59. The number of hydrogen-bond acceptors (Lipinski definition) is 4. The van der Waals surface area contributed by atoms with Crippen LogP contribution in [0.1, 0.15) is 19.3 Å². The van der Waals surface area contributed by atoms with Crippen LogP contribution in [-0.2, 0) is 11.8 Å². The molecule has 0 saturated heterocycles. The molecule has 0 aliphatic heterocycles. The number of ether oxygens (including phenoxy) is 1. The van der Waals surface area contributed by atoms with E-state index in [2.05, 4.69) is 10.4 Å². The Hall–Kier alpha value is -1.23. The number of anilines is 2. The van der Waals surface area contributed by atoms with E-state index < -0.39 is 0 Å². The van der Waals surface area contributed by atoms with Crippen molar-refractivity contribution in [2.75, 3.05) is 31.3 Å². The van der Waals surface area contributed by atoms with Gasteiger partial charge in [-0.15, -0.1) is 0 Å². The fourth-order valence-corrected chi connectivity index (χ4v) is 1.40. The molecule has 5 heteroatoms. The topological polar surface area (TPSA) is 65.1 Å². The summed E-state index contributed by atoms with van der Waals surface area (Å²) in [6.07, 6.45) is 5.18. The summed E-state index contributed by atoms with van der Waals surface area (Å²) in [5.74, 6) is 0.782. The van der Waals surface area contributed by atoms with Crippen molar-refractivity contribution in [1.29, 1.82) is 0 Å². The average molecular weight is 212 g/mol. The van der Waals surface area contributed by atoms with Gasteiger partial charge in [0.2, 0.25) is 0 Å². The largest absolute Gasteiger partial charge is 0.394 e. The van der Waals surface area contributed by atoms with E-state index in [1.165, 1.54) is 0 Å². The molecule has 0 bridgehead atoms. The first-order chi connectivity index (χ1) is 7.24. The van der Waals surface area contributed by atoms with Gasteiger partial charge in [-0.05, 0) is 19.3 Å². The number of aryl methyl sites for hydroxylation is 1. The van der Waals surface area contributed by atoms with Crippen LogP contribution in [0, 0.1) is 0 Å². The Morgan fingerprint density at radius 2 is 2.27 bits per heavy atom. The Morgan fingerprint density at radius 3 is 2.87 bits per heavy atom. The monoisotopic (exact) mass is 212 g/mol. The Balaban J connectivity index is 2.12. The van der Waals surface area contributed by atoms with Gasteiger partial charge in [0.25, 0.3) is 0 Å². The molecule has 0 aliphatic rings. The number of rotatable bonds is 7. The van der Waals surface area contributed by atoms with Crippen LogP contribution < -0.4 is 11.1 Å². The van der Waals surface area contributed by atoms with E-state index in [1.807, 2.05) is 7.05 Å². The maximum atomic E-state index is 5.74. The molecule has 0 aromatic carbocycles. The fraction of sp³-hybridized carbons (Fsp3) is 0.700. The zero-order valence-corrected chi connectivity index (χ0v) is 9.49. The van der Waals surface area contributed by atoms with Crippen LogP contribution in [0.3, 0.4) is 0 Å². The predicted octanol–water partition coefficient (Wildman–Crippen LogP) is 1.23. The molecule has 0 saturated carbocycles. The normalized spacial score (nSPS) is 10.5. The van der Waals surface area contributed by atoms with E-state index in [0.717, 1.165) is 38.2 Å². The standard InChI is InChI=1S/C10H20N4O/c1-14-8-9(11)10(13-14)12-6-4-3-5-7-15-2/h8H,3-7,11H2,1-2H3,(H,12,13). The summed E-state index contributed by atoms with van der Waals surface area (Å²) in [6.45, 7) is 1.75. The number of methoxy groups -OCH3 is 1. The van der Waals surface area contributed by atoms with Gasteiger partial charge in [-0.2, -0.15) is 5.10 Å². The smallest absolute Gasteiger partial charge is 0.171 e. The number of aromatic nitrogens is 2. The summed E-state index contributed by atoms with van der Waals surface area (Å²) in [4.78, 5) is 0. The van der Waals surface area contributed by atoms with Crippen molar-refractivity contribution in [3.63, 3.8) is 0 Å². The third-order valence-electron chi connectivity index (χ3n) is 2.17. The number of nitrogens with zero attached hydrogens (tertiary/aromatic N) is 2. The third kappa shape index (κ3) is 4.20. The van der Waals surface area contributed by atoms with Crippen LogP contribution in [0.4, 0.5) is 11.5 Å². The summed E-state index contributed by atoms with van der Waals surface area (Å²) in [7, 11) is 3.59. The molecule has 0 aliphatic carbocycles. The highest BCUT2D eigenvalue weighted by Crippen LogP contribution is 2.13. The highest BCUT2D eigenvalue weighted by Gasteiger charge is 2.01. The van der Waals surface area contributed by atoms with Crippen molar-refractivity contribution < 1.29 is 4.74 Å². The number of nitrogens with one attached hydrogen (secondary N) is 1. The average Bonchev–Trinajstić information content (AvgIpc) is 2.51. The zero-order valence-electron chi connectivity index (χ0n) is 9.49. The number of unbranched alkanes of at least 4 members (excludes halogenated alkanes) is 2. The SMILES string of the molecule is COCCCCCNc1nn(C)cc1N. The van der Waals surface area contributed by atoms with Gasteiger partial charge in [-0.1, -0.05) is 0 Å². The van der Waals surface area contributed by atoms with Crippen molar-refractivity contribution in [3.05, 3.63) is 6.20 Å². The van der Waals surface area contributed by atoms with Gasteiger partial charge in [0.05, 0.1) is 5.69 Å². The lowest BCUT2D eigenvalue weighted by molar-refractivity contribution is 0.192. The van der Waals surface area contributed by atoms with E-state index in [0.29, 0.717) is 5.69 Å². The van der Waals surface area contributed by atoms with Crippen molar-refractivity contribution in [1.82, 2.24) is 9.78 Å². The molecule has 5 nitrogen and oxygen atoms in total. The molecule has 15 heavy (non-hydrogen) atoms. The molecule has 0 amide bonds. The van der Waals surface area contributed by atoms with Crippen LogP contribution in [-0.4, -0.2) is 30.0 Å². The molecular weight excluding hydrogens is 192 g/mol. The predicted molar refractivity (Wildman–Crippen MR) is 61.8 cm³/mol. The molecule has 1 aromatic rings. The van der Waals surface area contributed by atoms with Gasteiger partial charge >= 0.3 is 0 Å². The molecule has 0 unspecified atom stereocenters. The first kappa shape index (κ1) is 11.8. The van der Waals surface area contributed by atoms with Crippen LogP contribution in [0.5, 0.6) is 0 Å². The van der Waals surface area contributed by atoms with Gasteiger partial charge in [-0.3, -0.25) is 4.68 Å². The molecule has 0 spiro atoms. The molecule has 0 radical (unpaired) electrons. The van der Waals surface area contributed by atoms with Crippen molar-refractivity contribution in [2.24, 2.45) is 7.05 Å². The summed E-state index contributed by atoms with van der Waals surface area (Å²) in [5.41, 5.74) is 6.44. The third-order valence-corrected chi connectivity index (χ3v) is 2.17. The minimum absolute atomic E-state index is 0.703. The van der Waals surface area contributed by atoms with Gasteiger partial charge in [0.1, 0.15) is 0 Å². The molecule has 1 rings (SSSR count). The molecule has 1 heterocycles. The van der Waals surface area contributed by atoms with Crippen LogP contribution in [0.2, 0.25) is 0 Å². The minimum atomic E-state index is 0.703. The molecule has 0 fully saturated rings. The minimum Gasteiger partial charge on any atom is -0.394 e. The van der Waals surface area contributed by atoms with E-state index >= 15 is 0 Å². The van der Waals surface area contributed by atoms with Crippen molar-refractivity contribution in [2.45, 2.75) is 19.3 Å². The summed E-state index contributed by atoms with van der Waals surface area (Å²) in [6, 6.07) is 0. The number of nitrogens with two attached hydrogens (primary N) is 1. The zero-order chi connectivity index (χ0) is 11.1. The van der Waals surface area contributed by atoms with Gasteiger partial charge in [0, 0.05) is 33.5 Å². The molecule has 86 valence electrons. The Kier molecular flexibility index (Phi) is 4.97. The van der Waals surface area contributed by atoms with Gasteiger partial charge in [-0.25, -0.2) is 0 Å². The lowest BCUT2D eigenvalue weighted by Gasteiger charge is -2.03. The second-order valence-electron chi connectivity index (χ2n) is 3.59. The van der Waals surface area contributed by atoms with Crippen LogP contribution in [0.25, 0.3) is 0 Å². The summed E-state index contributed by atoms with van der Waals surface area (Å²) >= 11 is 0. The highest BCUT2D eigenvalue weighted by molar-refractivity contribution is 5.59. The van der Waals surface area contributed by atoms with E-state index in [-0.39, 0.29) is 0 Å². The fourth-order valence-electron chi connectivity index (χ4n) is 1.40. The van der Waals surface area contributed by atoms with Crippen LogP contribution >= 0.6 is 0 Å². The highest BCUT2D eigenvalue weighted by atomic mass is 16.5. The number of hydrogen-bond donors (Lipinski definition) is 2. The molecule has 3 N–H and O–H groups in total. The maximum absolute atomic E-state index is 5.74. The van der Waals surface area contributed by atoms with Crippen LogP contribution in [0.15, 0.2) is 6.20 Å². The first-order valence-electron chi connectivity index (χ1n) is 5.26. The molecule has 1 aromatic heterocycles. The second kappa shape index (κ2) is 6.29. The number of nitrogen functional groups attached to an aromatic ring is 1. The summed E-state index contributed by atoms with van der Waals surface area (Å²) in [5, 5.41) is 7.41. The Labute approximate surface area is 90.6 Å². The van der Waals surface area contributed by atoms with Gasteiger partial charge in [0.15, 0.2) is 5.82 Å². The first-order valence-corrected chi connectivity index (χ1v) is 5.26. The summed E-state index contributed by atoms with van der Waals surface area (Å²) < 4.78 is 6.68.